The van der Waals surface area contributed by atoms with E-state index >= 15 is 0 Å². The van der Waals surface area contributed by atoms with E-state index in [0.717, 1.165) is 35.1 Å². The molecule has 2 amide bonds. The van der Waals surface area contributed by atoms with E-state index in [4.69, 9.17) is 14.2 Å². The van der Waals surface area contributed by atoms with Gasteiger partial charge in [-0.25, -0.2) is 9.59 Å². The highest BCUT2D eigenvalue weighted by Gasteiger charge is 2.30. The van der Waals surface area contributed by atoms with Crippen molar-refractivity contribution in [3.63, 3.8) is 0 Å². The van der Waals surface area contributed by atoms with Crippen molar-refractivity contribution in [3.8, 4) is 11.1 Å². The van der Waals surface area contributed by atoms with E-state index in [1.54, 1.807) is 7.11 Å². The molecular weight excluding hydrogens is 472 g/mol. The lowest BCUT2D eigenvalue weighted by molar-refractivity contribution is -0.146. The second kappa shape index (κ2) is 15.0. The summed E-state index contributed by atoms with van der Waals surface area (Å²) in [6, 6.07) is 15.5. The molecule has 2 aromatic carbocycles. The van der Waals surface area contributed by atoms with Crippen molar-refractivity contribution in [2.24, 2.45) is 0 Å². The average Bonchev–Trinajstić information content (AvgIpc) is 3.23. The largest absolute Gasteiger partial charge is 0.464 e. The van der Waals surface area contributed by atoms with Gasteiger partial charge in [-0.2, -0.15) is 0 Å². The van der Waals surface area contributed by atoms with Gasteiger partial charge >= 0.3 is 12.1 Å². The quantitative estimate of drug-likeness (QED) is 0.269. The van der Waals surface area contributed by atoms with Crippen molar-refractivity contribution in [3.05, 3.63) is 59.7 Å². The van der Waals surface area contributed by atoms with Gasteiger partial charge in [0.1, 0.15) is 12.6 Å². The van der Waals surface area contributed by atoms with Crippen molar-refractivity contribution < 1.29 is 28.6 Å². The fraction of sp³-hybridized carbons (Fsp3) is 0.483. The van der Waals surface area contributed by atoms with Gasteiger partial charge in [-0.05, 0) is 47.9 Å². The number of carbonyl (C=O) groups is 3. The molecule has 0 heterocycles. The Balaban J connectivity index is 1.52. The molecule has 3 rings (SSSR count). The number of nitrogens with one attached hydrogen (secondary N) is 2. The Labute approximate surface area is 219 Å². The molecule has 8 heteroatoms. The van der Waals surface area contributed by atoms with Gasteiger partial charge < -0.3 is 24.8 Å². The second-order valence-corrected chi connectivity index (χ2v) is 9.13. The zero-order valence-corrected chi connectivity index (χ0v) is 21.8. The summed E-state index contributed by atoms with van der Waals surface area (Å²) < 4.78 is 15.9. The first-order chi connectivity index (χ1) is 18.0. The van der Waals surface area contributed by atoms with Crippen LogP contribution in [0.15, 0.2) is 48.5 Å². The first kappa shape index (κ1) is 28.2. The molecule has 0 aromatic heterocycles. The van der Waals surface area contributed by atoms with Crippen molar-refractivity contribution >= 4 is 18.0 Å². The van der Waals surface area contributed by atoms with E-state index in [0.29, 0.717) is 45.4 Å². The molecule has 37 heavy (non-hydrogen) atoms. The van der Waals surface area contributed by atoms with Gasteiger partial charge in [0, 0.05) is 26.0 Å². The number of amides is 2. The summed E-state index contributed by atoms with van der Waals surface area (Å²) in [6.07, 6.45) is 3.02. The first-order valence-corrected chi connectivity index (χ1v) is 13.1. The molecule has 1 atom stereocenters. The van der Waals surface area contributed by atoms with Crippen LogP contribution < -0.4 is 10.6 Å². The van der Waals surface area contributed by atoms with Crippen LogP contribution in [0.5, 0.6) is 0 Å². The molecule has 0 bridgehead atoms. The smallest absolute Gasteiger partial charge is 0.407 e. The Morgan fingerprint density at radius 1 is 0.892 bits per heavy atom. The number of carbonyl (C=O) groups excluding carboxylic acids is 3. The number of alkyl carbamates (subject to hydrolysis) is 1. The highest BCUT2D eigenvalue weighted by Crippen LogP contribution is 2.44. The lowest BCUT2D eigenvalue weighted by Gasteiger charge is -2.19. The van der Waals surface area contributed by atoms with Crippen LogP contribution in [0.3, 0.4) is 0 Å². The number of benzene rings is 2. The Morgan fingerprint density at radius 2 is 1.57 bits per heavy atom. The van der Waals surface area contributed by atoms with Crippen molar-refractivity contribution in [2.45, 2.75) is 57.4 Å². The summed E-state index contributed by atoms with van der Waals surface area (Å²) >= 11 is 0. The van der Waals surface area contributed by atoms with Crippen LogP contribution in [0.25, 0.3) is 11.1 Å². The minimum absolute atomic E-state index is 0.0603. The number of fused-ring (bicyclic) bond motifs is 3. The third-order valence-electron chi connectivity index (χ3n) is 6.44. The van der Waals surface area contributed by atoms with Crippen LogP contribution in [0.1, 0.15) is 62.5 Å². The lowest BCUT2D eigenvalue weighted by Crippen LogP contribution is -2.42. The molecule has 200 valence electrons. The number of hydrogen-bond donors (Lipinski definition) is 2. The SMILES string of the molecule is CCCCOC(=O)[C@H](CCCCNC(=O)CCOC)NC(=O)OCC1c2ccccc2-c2ccccc21. The fourth-order valence-electron chi connectivity index (χ4n) is 4.43. The first-order valence-electron chi connectivity index (χ1n) is 13.1. The maximum atomic E-state index is 12.7. The molecule has 0 radical (unpaired) electrons. The highest BCUT2D eigenvalue weighted by atomic mass is 16.6. The van der Waals surface area contributed by atoms with Gasteiger partial charge in [-0.1, -0.05) is 61.9 Å². The Bertz CT molecular complexity index is 995. The minimum Gasteiger partial charge on any atom is -0.464 e. The van der Waals surface area contributed by atoms with Crippen LogP contribution in [0.4, 0.5) is 4.79 Å². The zero-order chi connectivity index (χ0) is 26.5. The van der Waals surface area contributed by atoms with Crippen LogP contribution in [0.2, 0.25) is 0 Å². The number of unbranched alkanes of at least 4 members (excludes halogenated alkanes) is 2. The number of hydrogen-bond acceptors (Lipinski definition) is 6. The molecular formula is C29H38N2O6. The van der Waals surface area contributed by atoms with E-state index in [1.165, 1.54) is 0 Å². The van der Waals surface area contributed by atoms with Crippen LogP contribution in [-0.4, -0.2) is 57.5 Å². The lowest BCUT2D eigenvalue weighted by atomic mass is 9.98. The molecule has 0 unspecified atom stereocenters. The van der Waals surface area contributed by atoms with E-state index in [9.17, 15) is 14.4 Å². The Morgan fingerprint density at radius 3 is 2.22 bits per heavy atom. The van der Waals surface area contributed by atoms with Crippen LogP contribution >= 0.6 is 0 Å². The number of rotatable bonds is 15. The summed E-state index contributed by atoms with van der Waals surface area (Å²) in [4.78, 5) is 37.1. The van der Waals surface area contributed by atoms with Gasteiger partial charge in [0.2, 0.25) is 5.91 Å². The fourth-order valence-corrected chi connectivity index (χ4v) is 4.43. The van der Waals surface area contributed by atoms with Gasteiger partial charge in [-0.15, -0.1) is 0 Å². The van der Waals surface area contributed by atoms with E-state index in [-0.39, 0.29) is 18.4 Å². The zero-order valence-electron chi connectivity index (χ0n) is 21.8. The summed E-state index contributed by atoms with van der Waals surface area (Å²) in [7, 11) is 1.55. The third-order valence-corrected chi connectivity index (χ3v) is 6.44. The molecule has 2 aromatic rings. The van der Waals surface area contributed by atoms with E-state index < -0.39 is 18.1 Å². The summed E-state index contributed by atoms with van der Waals surface area (Å²) in [5.41, 5.74) is 4.55. The Hall–Kier alpha value is -3.39. The van der Waals surface area contributed by atoms with Crippen molar-refractivity contribution in [1.82, 2.24) is 10.6 Å². The molecule has 0 aliphatic heterocycles. The molecule has 1 aliphatic rings. The number of ether oxygens (including phenoxy) is 3. The number of methoxy groups -OCH3 is 1. The van der Waals surface area contributed by atoms with Gasteiger partial charge in [0.15, 0.2) is 0 Å². The normalized spacial score (nSPS) is 12.8. The molecule has 0 saturated heterocycles. The molecule has 0 spiro atoms. The van der Waals surface area contributed by atoms with Crippen LogP contribution in [-0.2, 0) is 23.8 Å². The monoisotopic (exact) mass is 510 g/mol. The maximum Gasteiger partial charge on any atom is 0.407 e. The van der Waals surface area contributed by atoms with Gasteiger partial charge in [0.25, 0.3) is 0 Å². The predicted molar refractivity (Wildman–Crippen MR) is 141 cm³/mol. The summed E-state index contributed by atoms with van der Waals surface area (Å²) in [5, 5.41) is 5.53. The second-order valence-electron chi connectivity index (χ2n) is 9.13. The minimum atomic E-state index is -0.809. The molecule has 2 N–H and O–H groups in total. The number of esters is 1. The predicted octanol–water partition coefficient (Wildman–Crippen LogP) is 4.56. The van der Waals surface area contributed by atoms with E-state index in [2.05, 4.69) is 34.9 Å². The summed E-state index contributed by atoms with van der Waals surface area (Å²) in [6.45, 7) is 3.37. The van der Waals surface area contributed by atoms with Crippen LogP contribution in [0, 0.1) is 0 Å². The Kier molecular flexibility index (Phi) is 11.4. The van der Waals surface area contributed by atoms with Gasteiger partial charge in [0.05, 0.1) is 13.2 Å². The molecule has 0 saturated carbocycles. The van der Waals surface area contributed by atoms with Crippen molar-refractivity contribution in [1.29, 1.82) is 0 Å². The third kappa shape index (κ3) is 8.32. The summed E-state index contributed by atoms with van der Waals surface area (Å²) in [5.74, 6) is -0.602. The highest BCUT2D eigenvalue weighted by molar-refractivity contribution is 5.82. The maximum absolute atomic E-state index is 12.7. The van der Waals surface area contributed by atoms with E-state index in [1.807, 2.05) is 31.2 Å². The molecule has 0 fully saturated rings. The standard InChI is InChI=1S/C29H38N2O6/c1-3-4-18-36-28(33)26(15-9-10-17-30-27(32)16-19-35-2)31-29(34)37-20-25-23-13-7-5-11-21(23)22-12-6-8-14-24(22)25/h5-8,11-14,25-26H,3-4,9-10,15-20H2,1-2H3,(H,30,32)(H,31,34)/t26-/m0/s1. The average molecular weight is 511 g/mol. The topological polar surface area (TPSA) is 103 Å². The van der Waals surface area contributed by atoms with Crippen molar-refractivity contribution in [2.75, 3.05) is 33.5 Å². The molecule has 1 aliphatic carbocycles. The van der Waals surface area contributed by atoms with Gasteiger partial charge in [-0.3, -0.25) is 4.79 Å². The molecule has 8 nitrogen and oxygen atoms in total.